The first kappa shape index (κ1) is 15.5. The maximum atomic E-state index is 12.4. The van der Waals surface area contributed by atoms with Gasteiger partial charge in [0.05, 0.1) is 12.6 Å². The minimum absolute atomic E-state index is 0.0454. The van der Waals surface area contributed by atoms with Crippen molar-refractivity contribution in [2.45, 2.75) is 25.3 Å². The summed E-state index contributed by atoms with van der Waals surface area (Å²) < 4.78 is 0. The molecule has 1 aliphatic carbocycles. The molecule has 1 amide bonds. The molecule has 0 radical (unpaired) electrons. The Hall–Kier alpha value is -2.39. The van der Waals surface area contributed by atoms with Gasteiger partial charge in [-0.3, -0.25) is 4.79 Å². The Balaban J connectivity index is 1.66. The quantitative estimate of drug-likeness (QED) is 0.890. The molecule has 2 unspecified atom stereocenters. The van der Waals surface area contributed by atoms with Gasteiger partial charge in [0, 0.05) is 12.3 Å². The van der Waals surface area contributed by atoms with Crippen LogP contribution in [0.15, 0.2) is 54.6 Å². The van der Waals surface area contributed by atoms with Crippen LogP contribution in [0.1, 0.15) is 40.6 Å². The Morgan fingerprint density at radius 1 is 1.22 bits per heavy atom. The fourth-order valence-electron chi connectivity index (χ4n) is 3.05. The molecule has 3 heteroatoms. The van der Waals surface area contributed by atoms with Gasteiger partial charge in [-0.1, -0.05) is 66.2 Å². The molecule has 3 rings (SSSR count). The standard InChI is InChI=1S/C20H21NO2/c1-14-7-10-18-16(11-14)8-9-17(18)12-20(23)21-19(13-22)15-5-3-2-4-6-15/h2-11,17,19,22H,12-13H2,1H3,(H,21,23). The van der Waals surface area contributed by atoms with Crippen LogP contribution in [0.4, 0.5) is 0 Å². The highest BCUT2D eigenvalue weighted by Gasteiger charge is 2.22. The van der Waals surface area contributed by atoms with E-state index >= 15 is 0 Å². The molecule has 1 aliphatic rings. The number of hydrogen-bond donors (Lipinski definition) is 2. The number of aliphatic hydroxyl groups is 1. The molecule has 23 heavy (non-hydrogen) atoms. The molecular formula is C20H21NO2. The Morgan fingerprint density at radius 3 is 2.74 bits per heavy atom. The van der Waals surface area contributed by atoms with Crippen molar-refractivity contribution in [3.8, 4) is 0 Å². The number of rotatable bonds is 5. The Labute approximate surface area is 136 Å². The third kappa shape index (κ3) is 3.51. The second-order valence-corrected chi connectivity index (χ2v) is 6.02. The van der Waals surface area contributed by atoms with Crippen LogP contribution in [0.5, 0.6) is 0 Å². The summed E-state index contributed by atoms with van der Waals surface area (Å²) in [6.45, 7) is 1.96. The second-order valence-electron chi connectivity index (χ2n) is 6.02. The Morgan fingerprint density at radius 2 is 2.00 bits per heavy atom. The number of benzene rings is 2. The SMILES string of the molecule is Cc1ccc2c(c1)C=CC2CC(=O)NC(CO)c1ccccc1. The molecule has 2 N–H and O–H groups in total. The van der Waals surface area contributed by atoms with E-state index in [-0.39, 0.29) is 24.5 Å². The van der Waals surface area contributed by atoms with E-state index in [0.717, 1.165) is 5.56 Å². The van der Waals surface area contributed by atoms with Gasteiger partial charge in [0.1, 0.15) is 0 Å². The third-order valence-electron chi connectivity index (χ3n) is 4.27. The minimum Gasteiger partial charge on any atom is -0.394 e. The van der Waals surface area contributed by atoms with Gasteiger partial charge in [-0.05, 0) is 23.6 Å². The molecule has 2 aromatic rings. The molecule has 2 atom stereocenters. The average molecular weight is 307 g/mol. The summed E-state index contributed by atoms with van der Waals surface area (Å²) >= 11 is 0. The molecule has 0 saturated heterocycles. The average Bonchev–Trinajstić information content (AvgIpc) is 2.95. The van der Waals surface area contributed by atoms with Gasteiger partial charge in [-0.25, -0.2) is 0 Å². The van der Waals surface area contributed by atoms with Crippen molar-refractivity contribution >= 4 is 12.0 Å². The van der Waals surface area contributed by atoms with E-state index in [9.17, 15) is 9.90 Å². The highest BCUT2D eigenvalue weighted by molar-refractivity contribution is 5.79. The largest absolute Gasteiger partial charge is 0.394 e. The fraction of sp³-hybridized carbons (Fsp3) is 0.250. The number of aliphatic hydroxyl groups excluding tert-OH is 1. The number of allylic oxidation sites excluding steroid dienone is 1. The summed E-state index contributed by atoms with van der Waals surface area (Å²) in [6.07, 6.45) is 4.57. The van der Waals surface area contributed by atoms with Crippen molar-refractivity contribution in [1.29, 1.82) is 0 Å². The molecule has 0 fully saturated rings. The molecule has 0 heterocycles. The van der Waals surface area contributed by atoms with Crippen LogP contribution in [0, 0.1) is 6.92 Å². The van der Waals surface area contributed by atoms with Crippen molar-refractivity contribution in [2.75, 3.05) is 6.61 Å². The summed E-state index contributed by atoms with van der Waals surface area (Å²) in [5.74, 6) is 0.0664. The van der Waals surface area contributed by atoms with Crippen molar-refractivity contribution < 1.29 is 9.90 Å². The molecule has 0 aliphatic heterocycles. The lowest BCUT2D eigenvalue weighted by molar-refractivity contribution is -0.122. The first-order valence-electron chi connectivity index (χ1n) is 7.91. The normalized spacial score (nSPS) is 16.9. The number of nitrogens with one attached hydrogen (secondary N) is 1. The second kappa shape index (κ2) is 6.80. The number of amides is 1. The van der Waals surface area contributed by atoms with E-state index in [0.29, 0.717) is 6.42 Å². The van der Waals surface area contributed by atoms with Gasteiger partial charge < -0.3 is 10.4 Å². The van der Waals surface area contributed by atoms with Gasteiger partial charge in [-0.15, -0.1) is 0 Å². The summed E-state index contributed by atoms with van der Waals surface area (Å²) in [5.41, 5.74) is 4.54. The van der Waals surface area contributed by atoms with E-state index in [2.05, 4.69) is 42.6 Å². The molecule has 0 bridgehead atoms. The predicted molar refractivity (Wildman–Crippen MR) is 92.0 cm³/mol. The molecule has 3 nitrogen and oxygen atoms in total. The zero-order valence-electron chi connectivity index (χ0n) is 13.2. The van der Waals surface area contributed by atoms with Crippen LogP contribution in [-0.2, 0) is 4.79 Å². The van der Waals surface area contributed by atoms with Crippen LogP contribution in [-0.4, -0.2) is 17.6 Å². The number of aryl methyl sites for hydroxylation is 1. The number of fused-ring (bicyclic) bond motifs is 1. The molecule has 118 valence electrons. The van der Waals surface area contributed by atoms with Gasteiger partial charge in [0.25, 0.3) is 0 Å². The number of carbonyl (C=O) groups excluding carboxylic acids is 1. The molecule has 0 saturated carbocycles. The van der Waals surface area contributed by atoms with Gasteiger partial charge >= 0.3 is 0 Å². The Kier molecular flexibility index (Phi) is 4.58. The highest BCUT2D eigenvalue weighted by Crippen LogP contribution is 2.33. The van der Waals surface area contributed by atoms with Crippen LogP contribution >= 0.6 is 0 Å². The predicted octanol–water partition coefficient (Wildman–Crippen LogP) is 3.35. The molecule has 2 aromatic carbocycles. The maximum absolute atomic E-state index is 12.4. The molecule has 0 spiro atoms. The first-order valence-corrected chi connectivity index (χ1v) is 7.91. The van der Waals surface area contributed by atoms with Crippen LogP contribution in [0.3, 0.4) is 0 Å². The maximum Gasteiger partial charge on any atom is 0.221 e. The highest BCUT2D eigenvalue weighted by atomic mass is 16.3. The summed E-state index contributed by atoms with van der Waals surface area (Å²) in [6, 6.07) is 15.5. The summed E-state index contributed by atoms with van der Waals surface area (Å²) in [4.78, 5) is 12.4. The molecular weight excluding hydrogens is 286 g/mol. The van der Waals surface area contributed by atoms with Crippen molar-refractivity contribution in [3.63, 3.8) is 0 Å². The van der Waals surface area contributed by atoms with Gasteiger partial charge in [-0.2, -0.15) is 0 Å². The van der Waals surface area contributed by atoms with E-state index < -0.39 is 0 Å². The van der Waals surface area contributed by atoms with Gasteiger partial charge in [0.15, 0.2) is 0 Å². The summed E-state index contributed by atoms with van der Waals surface area (Å²) in [7, 11) is 0. The van der Waals surface area contributed by atoms with E-state index in [1.165, 1.54) is 16.7 Å². The minimum atomic E-state index is -0.355. The topological polar surface area (TPSA) is 49.3 Å². The van der Waals surface area contributed by atoms with Crippen molar-refractivity contribution in [3.05, 3.63) is 76.9 Å². The lowest BCUT2D eigenvalue weighted by Gasteiger charge is -2.18. The van der Waals surface area contributed by atoms with Gasteiger partial charge in [0.2, 0.25) is 5.91 Å². The zero-order chi connectivity index (χ0) is 16.2. The number of hydrogen-bond acceptors (Lipinski definition) is 2. The van der Waals surface area contributed by atoms with E-state index in [4.69, 9.17) is 0 Å². The fourth-order valence-corrected chi connectivity index (χ4v) is 3.05. The first-order chi connectivity index (χ1) is 11.2. The lowest BCUT2D eigenvalue weighted by atomic mass is 9.96. The van der Waals surface area contributed by atoms with Crippen LogP contribution in [0.25, 0.3) is 6.08 Å². The lowest BCUT2D eigenvalue weighted by Crippen LogP contribution is -2.31. The zero-order valence-corrected chi connectivity index (χ0v) is 13.2. The number of carbonyl (C=O) groups is 1. The van der Waals surface area contributed by atoms with Crippen molar-refractivity contribution in [1.82, 2.24) is 5.32 Å². The molecule has 0 aromatic heterocycles. The Bertz CT molecular complexity index is 722. The van der Waals surface area contributed by atoms with Crippen molar-refractivity contribution in [2.24, 2.45) is 0 Å². The van der Waals surface area contributed by atoms with E-state index in [1.807, 2.05) is 30.3 Å². The third-order valence-corrected chi connectivity index (χ3v) is 4.27. The van der Waals surface area contributed by atoms with Crippen LogP contribution in [0.2, 0.25) is 0 Å². The monoisotopic (exact) mass is 307 g/mol. The van der Waals surface area contributed by atoms with Crippen LogP contribution < -0.4 is 5.32 Å². The van der Waals surface area contributed by atoms with E-state index in [1.54, 1.807) is 0 Å². The smallest absolute Gasteiger partial charge is 0.221 e. The summed E-state index contributed by atoms with van der Waals surface area (Å²) in [5, 5.41) is 12.5.